The molecule has 0 fully saturated rings. The molecule has 4 nitrogen and oxygen atoms in total. The van der Waals surface area contributed by atoms with Gasteiger partial charge in [-0.25, -0.2) is 12.8 Å². The summed E-state index contributed by atoms with van der Waals surface area (Å²) in [6.45, 7) is 7.71. The van der Waals surface area contributed by atoms with Gasteiger partial charge in [0.2, 0.25) is 10.0 Å². The third-order valence-electron chi connectivity index (χ3n) is 2.67. The molecule has 0 aliphatic carbocycles. The summed E-state index contributed by atoms with van der Waals surface area (Å²) in [6.07, 6.45) is 0. The molecule has 0 aliphatic heterocycles. The predicted molar refractivity (Wildman–Crippen MR) is 73.5 cm³/mol. The van der Waals surface area contributed by atoms with Crippen molar-refractivity contribution in [2.24, 2.45) is 5.73 Å². The normalized spacial score (nSPS) is 11.8. The Morgan fingerprint density at radius 1 is 1.47 bits per heavy atom. The second-order valence-corrected chi connectivity index (χ2v) is 6.25. The van der Waals surface area contributed by atoms with Crippen LogP contribution in [0, 0.1) is 5.82 Å². The molecule has 1 rings (SSSR count). The van der Waals surface area contributed by atoms with Gasteiger partial charge in [-0.15, -0.1) is 0 Å². The number of nitrogens with zero attached hydrogens (tertiary/aromatic N) is 1. The summed E-state index contributed by atoms with van der Waals surface area (Å²) < 4.78 is 39.5. The zero-order valence-electron chi connectivity index (χ0n) is 11.2. The standard InChI is InChI=1S/C13H19FN2O2S/c1-4-16(9-10(2)3)19(17,18)13-7-12(14)6-5-11(13)8-15/h5-7H,2,4,8-9,15H2,1,3H3. The molecule has 1 aromatic rings. The first-order valence-corrected chi connectivity index (χ1v) is 7.40. The SMILES string of the molecule is C=C(C)CN(CC)S(=O)(=O)c1cc(F)ccc1CN. The van der Waals surface area contributed by atoms with E-state index in [4.69, 9.17) is 5.73 Å². The van der Waals surface area contributed by atoms with Gasteiger partial charge in [-0.2, -0.15) is 4.31 Å². The molecule has 0 radical (unpaired) electrons. The number of likely N-dealkylation sites (N-methyl/N-ethyl adjacent to an activating group) is 1. The van der Waals surface area contributed by atoms with E-state index in [1.54, 1.807) is 13.8 Å². The maximum Gasteiger partial charge on any atom is 0.243 e. The van der Waals surface area contributed by atoms with Crippen LogP contribution in [0.1, 0.15) is 19.4 Å². The molecule has 0 aliphatic rings. The molecule has 0 bridgehead atoms. The highest BCUT2D eigenvalue weighted by atomic mass is 32.2. The maximum absolute atomic E-state index is 13.3. The molecule has 19 heavy (non-hydrogen) atoms. The van der Waals surface area contributed by atoms with Crippen molar-refractivity contribution in [3.05, 3.63) is 41.7 Å². The van der Waals surface area contributed by atoms with Crippen LogP contribution in [0.2, 0.25) is 0 Å². The largest absolute Gasteiger partial charge is 0.326 e. The molecule has 2 N–H and O–H groups in total. The Morgan fingerprint density at radius 2 is 2.11 bits per heavy atom. The predicted octanol–water partition coefficient (Wildman–Crippen LogP) is 1.87. The molecular weight excluding hydrogens is 267 g/mol. The van der Waals surface area contributed by atoms with Gasteiger partial charge in [0.1, 0.15) is 5.82 Å². The van der Waals surface area contributed by atoms with Crippen molar-refractivity contribution >= 4 is 10.0 Å². The summed E-state index contributed by atoms with van der Waals surface area (Å²) in [5, 5.41) is 0. The van der Waals surface area contributed by atoms with E-state index in [9.17, 15) is 12.8 Å². The van der Waals surface area contributed by atoms with Crippen LogP contribution in [0.3, 0.4) is 0 Å². The number of halogens is 1. The molecular formula is C13H19FN2O2S. The van der Waals surface area contributed by atoms with Crippen LogP contribution in [0.5, 0.6) is 0 Å². The molecule has 0 unspecified atom stereocenters. The molecule has 0 spiro atoms. The highest BCUT2D eigenvalue weighted by Crippen LogP contribution is 2.22. The minimum Gasteiger partial charge on any atom is -0.326 e. The van der Waals surface area contributed by atoms with Gasteiger partial charge >= 0.3 is 0 Å². The van der Waals surface area contributed by atoms with Crippen LogP contribution in [-0.2, 0) is 16.6 Å². The van der Waals surface area contributed by atoms with Crippen LogP contribution in [0.4, 0.5) is 4.39 Å². The van der Waals surface area contributed by atoms with Crippen LogP contribution in [0.15, 0.2) is 35.2 Å². The lowest BCUT2D eigenvalue weighted by Crippen LogP contribution is -2.33. The van der Waals surface area contributed by atoms with E-state index in [0.29, 0.717) is 5.56 Å². The van der Waals surface area contributed by atoms with Gasteiger partial charge in [-0.1, -0.05) is 25.1 Å². The average Bonchev–Trinajstić information content (AvgIpc) is 2.35. The fourth-order valence-electron chi connectivity index (χ4n) is 1.74. The van der Waals surface area contributed by atoms with E-state index in [-0.39, 0.29) is 24.5 Å². The molecule has 106 valence electrons. The fraction of sp³-hybridized carbons (Fsp3) is 0.385. The Labute approximate surface area is 113 Å². The van der Waals surface area contributed by atoms with Crippen LogP contribution >= 0.6 is 0 Å². The van der Waals surface area contributed by atoms with Crippen LogP contribution < -0.4 is 5.73 Å². The van der Waals surface area contributed by atoms with Gasteiger partial charge in [-0.05, 0) is 24.6 Å². The molecule has 0 heterocycles. The van der Waals surface area contributed by atoms with E-state index in [1.165, 1.54) is 16.4 Å². The Kier molecular flexibility index (Phi) is 5.22. The van der Waals surface area contributed by atoms with Crippen molar-refractivity contribution in [1.29, 1.82) is 0 Å². The zero-order chi connectivity index (χ0) is 14.6. The first kappa shape index (κ1) is 15.8. The molecule has 0 amide bonds. The highest BCUT2D eigenvalue weighted by Gasteiger charge is 2.25. The number of sulfonamides is 1. The smallest absolute Gasteiger partial charge is 0.243 e. The van der Waals surface area contributed by atoms with Crippen molar-refractivity contribution in [3.63, 3.8) is 0 Å². The van der Waals surface area contributed by atoms with E-state index in [1.807, 2.05) is 0 Å². The van der Waals surface area contributed by atoms with Crippen molar-refractivity contribution in [3.8, 4) is 0 Å². The molecule has 0 aromatic heterocycles. The second kappa shape index (κ2) is 6.27. The number of nitrogens with two attached hydrogens (primary N) is 1. The number of hydrogen-bond acceptors (Lipinski definition) is 3. The topological polar surface area (TPSA) is 63.4 Å². The van der Waals surface area contributed by atoms with Crippen molar-refractivity contribution in [2.45, 2.75) is 25.3 Å². The van der Waals surface area contributed by atoms with Gasteiger partial charge in [0.15, 0.2) is 0 Å². The molecule has 0 saturated heterocycles. The van der Waals surface area contributed by atoms with Gasteiger partial charge in [0, 0.05) is 19.6 Å². The Bertz CT molecular complexity index is 570. The molecule has 0 atom stereocenters. The van der Waals surface area contributed by atoms with Crippen LogP contribution in [-0.4, -0.2) is 25.8 Å². The van der Waals surface area contributed by atoms with E-state index < -0.39 is 15.8 Å². The molecule has 1 aromatic carbocycles. The van der Waals surface area contributed by atoms with Gasteiger partial charge in [0.25, 0.3) is 0 Å². The second-order valence-electron chi connectivity index (χ2n) is 4.34. The summed E-state index contributed by atoms with van der Waals surface area (Å²) in [6, 6.07) is 3.62. The summed E-state index contributed by atoms with van der Waals surface area (Å²) in [5.74, 6) is -0.595. The lowest BCUT2D eigenvalue weighted by molar-refractivity contribution is 0.451. The summed E-state index contributed by atoms with van der Waals surface area (Å²) in [4.78, 5) is -0.0712. The number of benzene rings is 1. The van der Waals surface area contributed by atoms with Gasteiger partial charge in [0.05, 0.1) is 4.90 Å². The van der Waals surface area contributed by atoms with Crippen molar-refractivity contribution < 1.29 is 12.8 Å². The third-order valence-corrected chi connectivity index (χ3v) is 4.67. The Balaban J connectivity index is 3.32. The van der Waals surface area contributed by atoms with Crippen LogP contribution in [0.25, 0.3) is 0 Å². The fourth-order valence-corrected chi connectivity index (χ4v) is 3.50. The summed E-state index contributed by atoms with van der Waals surface area (Å²) in [5.41, 5.74) is 6.64. The minimum atomic E-state index is -3.76. The lowest BCUT2D eigenvalue weighted by Gasteiger charge is -2.22. The molecule has 6 heteroatoms. The van der Waals surface area contributed by atoms with E-state index >= 15 is 0 Å². The Morgan fingerprint density at radius 3 is 2.58 bits per heavy atom. The van der Waals surface area contributed by atoms with Crippen molar-refractivity contribution in [1.82, 2.24) is 4.31 Å². The first-order valence-electron chi connectivity index (χ1n) is 5.96. The summed E-state index contributed by atoms with van der Waals surface area (Å²) >= 11 is 0. The quantitative estimate of drug-likeness (QED) is 0.812. The van der Waals surface area contributed by atoms with Crippen molar-refractivity contribution in [2.75, 3.05) is 13.1 Å². The minimum absolute atomic E-state index is 0.0411. The molecule has 0 saturated carbocycles. The average molecular weight is 286 g/mol. The highest BCUT2D eigenvalue weighted by molar-refractivity contribution is 7.89. The Hall–Kier alpha value is -1.24. The van der Waals surface area contributed by atoms with E-state index in [0.717, 1.165) is 11.6 Å². The monoisotopic (exact) mass is 286 g/mol. The first-order chi connectivity index (χ1) is 8.82. The number of hydrogen-bond donors (Lipinski definition) is 1. The number of rotatable bonds is 6. The summed E-state index contributed by atoms with van der Waals surface area (Å²) in [7, 11) is -3.76. The zero-order valence-corrected chi connectivity index (χ0v) is 12.0. The van der Waals surface area contributed by atoms with Gasteiger partial charge < -0.3 is 5.73 Å². The van der Waals surface area contributed by atoms with E-state index in [2.05, 4.69) is 6.58 Å². The van der Waals surface area contributed by atoms with Gasteiger partial charge in [-0.3, -0.25) is 0 Å². The maximum atomic E-state index is 13.3. The third kappa shape index (κ3) is 3.62. The lowest BCUT2D eigenvalue weighted by atomic mass is 10.2.